The first-order valence-corrected chi connectivity index (χ1v) is 12.3. The van der Waals surface area contributed by atoms with E-state index in [0.29, 0.717) is 18.0 Å². The van der Waals surface area contributed by atoms with E-state index in [4.69, 9.17) is 11.6 Å². The molecule has 0 spiro atoms. The average molecular weight is 486 g/mol. The monoisotopic (exact) mass is 485 g/mol. The van der Waals surface area contributed by atoms with Crippen molar-refractivity contribution in [2.45, 2.75) is 43.9 Å². The first-order valence-electron chi connectivity index (χ1n) is 11.9. The first-order chi connectivity index (χ1) is 16.4. The van der Waals surface area contributed by atoms with Crippen molar-refractivity contribution in [3.05, 3.63) is 64.7 Å². The second kappa shape index (κ2) is 11.3. The zero-order valence-electron chi connectivity index (χ0n) is 19.2. The van der Waals surface area contributed by atoms with Gasteiger partial charge in [0.05, 0.1) is 6.04 Å². The van der Waals surface area contributed by atoms with E-state index in [9.17, 15) is 19.8 Å². The van der Waals surface area contributed by atoms with Crippen LogP contribution in [0.3, 0.4) is 0 Å². The summed E-state index contributed by atoms with van der Waals surface area (Å²) >= 11 is 6.10. The summed E-state index contributed by atoms with van der Waals surface area (Å²) in [6.45, 7) is 4.32. The second-order valence-corrected chi connectivity index (χ2v) is 9.44. The lowest BCUT2D eigenvalue weighted by atomic mass is 10.00. The SMILES string of the molecule is O=C(CCc1ccc(N2CCNCC2)cc1)[C@H](O)[C@@H](O)C(=O)N1CCCC1c1cccc(Cl)c1. The van der Waals surface area contributed by atoms with Crippen LogP contribution in [0.1, 0.15) is 36.4 Å². The van der Waals surface area contributed by atoms with E-state index in [1.165, 1.54) is 0 Å². The number of hydrogen-bond donors (Lipinski definition) is 3. The summed E-state index contributed by atoms with van der Waals surface area (Å²) in [5.74, 6) is -1.16. The van der Waals surface area contributed by atoms with Gasteiger partial charge in [-0.25, -0.2) is 0 Å². The standard InChI is InChI=1S/C26H32ClN3O4/c27-20-4-1-3-19(17-20)22-5-2-14-30(22)26(34)25(33)24(32)23(31)11-8-18-6-9-21(10-7-18)29-15-12-28-13-16-29/h1,3-4,6-7,9-10,17,22,24-25,28,32-33H,2,5,8,11-16H2/t22?,24-,25+/m0/s1. The van der Waals surface area contributed by atoms with E-state index in [2.05, 4.69) is 10.2 Å². The van der Waals surface area contributed by atoms with Crippen LogP contribution in [0.25, 0.3) is 0 Å². The molecule has 182 valence electrons. The smallest absolute Gasteiger partial charge is 0.255 e. The van der Waals surface area contributed by atoms with Crippen molar-refractivity contribution in [3.8, 4) is 0 Å². The predicted octanol–water partition coefficient (Wildman–Crippen LogP) is 2.34. The minimum atomic E-state index is -1.78. The third-order valence-corrected chi connectivity index (χ3v) is 6.96. The van der Waals surface area contributed by atoms with Gasteiger partial charge in [-0.3, -0.25) is 9.59 Å². The summed E-state index contributed by atoms with van der Waals surface area (Å²) in [5.41, 5.74) is 3.01. The molecule has 2 fully saturated rings. The summed E-state index contributed by atoms with van der Waals surface area (Å²) in [6, 6.07) is 15.1. The quantitative estimate of drug-likeness (QED) is 0.531. The fraction of sp³-hybridized carbons (Fsp3) is 0.462. The number of benzene rings is 2. The fourth-order valence-electron chi connectivity index (χ4n) is 4.78. The summed E-state index contributed by atoms with van der Waals surface area (Å²) in [5, 5.41) is 24.9. The van der Waals surface area contributed by atoms with Gasteiger partial charge in [0.15, 0.2) is 11.9 Å². The Morgan fingerprint density at radius 2 is 1.76 bits per heavy atom. The number of rotatable bonds is 8. The largest absolute Gasteiger partial charge is 0.382 e. The molecule has 1 amide bonds. The molecule has 0 bridgehead atoms. The normalized spacial score (nSPS) is 20.3. The van der Waals surface area contributed by atoms with Crippen molar-refractivity contribution >= 4 is 29.0 Å². The van der Waals surface area contributed by atoms with Gasteiger partial charge in [-0.2, -0.15) is 0 Å². The van der Waals surface area contributed by atoms with Gasteiger partial charge in [-0.05, 0) is 54.7 Å². The van der Waals surface area contributed by atoms with Crippen LogP contribution in [0.5, 0.6) is 0 Å². The Bertz CT molecular complexity index is 994. The van der Waals surface area contributed by atoms with Crippen LogP contribution in [0.4, 0.5) is 5.69 Å². The number of piperazine rings is 1. The molecule has 0 aromatic heterocycles. The molecule has 2 aliphatic heterocycles. The highest BCUT2D eigenvalue weighted by molar-refractivity contribution is 6.30. The number of ketones is 1. The molecule has 0 saturated carbocycles. The maximum Gasteiger partial charge on any atom is 0.255 e. The Kier molecular flexibility index (Phi) is 8.21. The van der Waals surface area contributed by atoms with Crippen LogP contribution >= 0.6 is 11.6 Å². The number of nitrogens with one attached hydrogen (secondary N) is 1. The minimum absolute atomic E-state index is 0.0518. The van der Waals surface area contributed by atoms with Crippen LogP contribution in [0.15, 0.2) is 48.5 Å². The molecule has 3 N–H and O–H groups in total. The zero-order valence-corrected chi connectivity index (χ0v) is 20.0. The number of amides is 1. The van der Waals surface area contributed by atoms with Crippen LogP contribution in [0, 0.1) is 0 Å². The number of Topliss-reactive ketones (excluding diaryl/α,β-unsaturated/α-hetero) is 1. The van der Waals surface area contributed by atoms with E-state index >= 15 is 0 Å². The Morgan fingerprint density at radius 1 is 1.03 bits per heavy atom. The number of aliphatic hydroxyl groups is 2. The lowest BCUT2D eigenvalue weighted by Gasteiger charge is -2.29. The maximum atomic E-state index is 12.9. The minimum Gasteiger partial charge on any atom is -0.382 e. The molecule has 0 radical (unpaired) electrons. The Morgan fingerprint density at radius 3 is 2.47 bits per heavy atom. The van der Waals surface area contributed by atoms with Gasteiger partial charge in [0, 0.05) is 49.9 Å². The third kappa shape index (κ3) is 5.78. The number of aryl methyl sites for hydroxylation is 1. The van der Waals surface area contributed by atoms with Gasteiger partial charge < -0.3 is 25.3 Å². The number of likely N-dealkylation sites (tertiary alicyclic amines) is 1. The van der Waals surface area contributed by atoms with Crippen molar-refractivity contribution in [3.63, 3.8) is 0 Å². The molecule has 2 heterocycles. The van der Waals surface area contributed by atoms with Gasteiger partial charge in [-0.15, -0.1) is 0 Å². The van der Waals surface area contributed by atoms with E-state index < -0.39 is 23.9 Å². The molecule has 1 unspecified atom stereocenters. The highest BCUT2D eigenvalue weighted by atomic mass is 35.5. The average Bonchev–Trinajstić information content (AvgIpc) is 3.37. The van der Waals surface area contributed by atoms with Crippen LogP contribution in [-0.4, -0.2) is 71.7 Å². The molecule has 4 rings (SSSR count). The lowest BCUT2D eigenvalue weighted by molar-refractivity contribution is -0.153. The van der Waals surface area contributed by atoms with E-state index in [0.717, 1.165) is 55.8 Å². The molecule has 8 heteroatoms. The van der Waals surface area contributed by atoms with Crippen molar-refractivity contribution < 1.29 is 19.8 Å². The predicted molar refractivity (Wildman–Crippen MR) is 132 cm³/mol. The Labute approximate surface area is 205 Å². The Hall–Kier alpha value is -2.45. The number of carbonyl (C=O) groups is 2. The van der Waals surface area contributed by atoms with E-state index in [-0.39, 0.29) is 12.5 Å². The third-order valence-electron chi connectivity index (χ3n) is 6.73. The molecule has 0 aliphatic carbocycles. The zero-order chi connectivity index (χ0) is 24.1. The van der Waals surface area contributed by atoms with Crippen molar-refractivity contribution in [1.82, 2.24) is 10.2 Å². The van der Waals surface area contributed by atoms with Gasteiger partial charge in [-0.1, -0.05) is 35.9 Å². The number of carbonyl (C=O) groups excluding carboxylic acids is 2. The summed E-state index contributed by atoms with van der Waals surface area (Å²) < 4.78 is 0. The Balaban J connectivity index is 1.31. The number of aliphatic hydroxyl groups excluding tert-OH is 2. The highest BCUT2D eigenvalue weighted by Gasteiger charge is 2.38. The maximum absolute atomic E-state index is 12.9. The number of anilines is 1. The topological polar surface area (TPSA) is 93.1 Å². The number of hydrogen-bond acceptors (Lipinski definition) is 6. The summed E-state index contributed by atoms with van der Waals surface area (Å²) in [6.07, 6.45) is -1.50. The molecule has 2 aromatic rings. The summed E-state index contributed by atoms with van der Waals surface area (Å²) in [7, 11) is 0. The molecule has 2 aromatic carbocycles. The summed E-state index contributed by atoms with van der Waals surface area (Å²) in [4.78, 5) is 29.4. The van der Waals surface area contributed by atoms with Crippen LogP contribution in [0.2, 0.25) is 5.02 Å². The molecular weight excluding hydrogens is 454 g/mol. The molecule has 2 aliphatic rings. The second-order valence-electron chi connectivity index (χ2n) is 9.00. The highest BCUT2D eigenvalue weighted by Crippen LogP contribution is 2.33. The fourth-order valence-corrected chi connectivity index (χ4v) is 4.98. The van der Waals surface area contributed by atoms with Crippen LogP contribution in [-0.2, 0) is 16.0 Å². The lowest BCUT2D eigenvalue weighted by Crippen LogP contribution is -2.47. The molecule has 34 heavy (non-hydrogen) atoms. The molecule has 7 nitrogen and oxygen atoms in total. The van der Waals surface area contributed by atoms with Crippen molar-refractivity contribution in [2.75, 3.05) is 37.6 Å². The number of halogens is 1. The van der Waals surface area contributed by atoms with E-state index in [1.54, 1.807) is 17.0 Å². The van der Waals surface area contributed by atoms with Gasteiger partial charge in [0.25, 0.3) is 5.91 Å². The first kappa shape index (κ1) is 24.7. The van der Waals surface area contributed by atoms with Gasteiger partial charge in [0.2, 0.25) is 0 Å². The molecule has 2 saturated heterocycles. The molecule has 3 atom stereocenters. The van der Waals surface area contributed by atoms with Gasteiger partial charge >= 0.3 is 0 Å². The molecular formula is C26H32ClN3O4. The van der Waals surface area contributed by atoms with Crippen molar-refractivity contribution in [1.29, 1.82) is 0 Å². The van der Waals surface area contributed by atoms with Gasteiger partial charge in [0.1, 0.15) is 6.10 Å². The van der Waals surface area contributed by atoms with Crippen molar-refractivity contribution in [2.24, 2.45) is 0 Å². The number of nitrogens with zero attached hydrogens (tertiary/aromatic N) is 2. The van der Waals surface area contributed by atoms with E-state index in [1.807, 2.05) is 36.4 Å². The van der Waals surface area contributed by atoms with Crippen LogP contribution < -0.4 is 10.2 Å².